The SMILES string of the molecule is CNC(=O)NC(=O)[C@H](C)Sc1nc2cc(C(F)(F)F)ccc2n1Cc1ccccc1. The van der Waals surface area contributed by atoms with Crippen molar-refractivity contribution in [3.8, 4) is 0 Å². The second kappa shape index (κ2) is 8.78. The molecule has 6 nitrogen and oxygen atoms in total. The summed E-state index contributed by atoms with van der Waals surface area (Å²) >= 11 is 1.07. The molecule has 1 heterocycles. The molecular weight excluding hydrogens is 417 g/mol. The molecule has 2 N–H and O–H groups in total. The molecule has 0 fully saturated rings. The van der Waals surface area contributed by atoms with Gasteiger partial charge in [-0.25, -0.2) is 9.78 Å². The zero-order valence-electron chi connectivity index (χ0n) is 16.2. The number of thioether (sulfide) groups is 1. The van der Waals surface area contributed by atoms with E-state index in [1.54, 1.807) is 11.5 Å². The van der Waals surface area contributed by atoms with Crippen LogP contribution in [0.4, 0.5) is 18.0 Å². The van der Waals surface area contributed by atoms with E-state index in [4.69, 9.17) is 0 Å². The molecule has 10 heteroatoms. The number of benzene rings is 2. The van der Waals surface area contributed by atoms with Crippen molar-refractivity contribution < 1.29 is 22.8 Å². The molecule has 0 saturated heterocycles. The van der Waals surface area contributed by atoms with Gasteiger partial charge in [-0.15, -0.1) is 0 Å². The van der Waals surface area contributed by atoms with Gasteiger partial charge < -0.3 is 9.88 Å². The van der Waals surface area contributed by atoms with E-state index in [2.05, 4.69) is 15.6 Å². The number of rotatable bonds is 5. The molecule has 1 atom stereocenters. The fraction of sp³-hybridized carbons (Fsp3) is 0.250. The highest BCUT2D eigenvalue weighted by molar-refractivity contribution is 8.00. The van der Waals surface area contributed by atoms with Crippen molar-refractivity contribution in [2.45, 2.75) is 30.1 Å². The Morgan fingerprint density at radius 3 is 2.50 bits per heavy atom. The van der Waals surface area contributed by atoms with Crippen LogP contribution in [0, 0.1) is 0 Å². The van der Waals surface area contributed by atoms with Crippen molar-refractivity contribution in [2.75, 3.05) is 7.05 Å². The van der Waals surface area contributed by atoms with Gasteiger partial charge in [0, 0.05) is 7.05 Å². The van der Waals surface area contributed by atoms with E-state index >= 15 is 0 Å². The molecule has 158 valence electrons. The lowest BCUT2D eigenvalue weighted by Gasteiger charge is -2.13. The predicted octanol–water partition coefficient (Wildman–Crippen LogP) is 4.04. The zero-order chi connectivity index (χ0) is 21.9. The van der Waals surface area contributed by atoms with Gasteiger partial charge in [-0.05, 0) is 30.7 Å². The van der Waals surface area contributed by atoms with Crippen LogP contribution >= 0.6 is 11.8 Å². The molecule has 0 aliphatic rings. The van der Waals surface area contributed by atoms with Crippen LogP contribution in [0.1, 0.15) is 18.1 Å². The molecule has 0 radical (unpaired) electrons. The minimum absolute atomic E-state index is 0.183. The Labute approximate surface area is 174 Å². The molecule has 3 aromatic rings. The molecule has 30 heavy (non-hydrogen) atoms. The first kappa shape index (κ1) is 21.7. The van der Waals surface area contributed by atoms with E-state index in [9.17, 15) is 22.8 Å². The highest BCUT2D eigenvalue weighted by Crippen LogP contribution is 2.34. The molecule has 0 saturated carbocycles. The highest BCUT2D eigenvalue weighted by atomic mass is 32.2. The summed E-state index contributed by atoms with van der Waals surface area (Å²) in [5.41, 5.74) is 0.845. The van der Waals surface area contributed by atoms with E-state index < -0.39 is 28.9 Å². The van der Waals surface area contributed by atoms with Crippen LogP contribution in [-0.2, 0) is 17.5 Å². The van der Waals surface area contributed by atoms with Crippen LogP contribution in [-0.4, -0.2) is 33.8 Å². The van der Waals surface area contributed by atoms with Crippen molar-refractivity contribution in [3.63, 3.8) is 0 Å². The third-order valence-electron chi connectivity index (χ3n) is 4.34. The van der Waals surface area contributed by atoms with Crippen LogP contribution in [0.5, 0.6) is 0 Å². The summed E-state index contributed by atoms with van der Waals surface area (Å²) in [5, 5.41) is 4.16. The van der Waals surface area contributed by atoms with Gasteiger partial charge in [-0.3, -0.25) is 10.1 Å². The molecular formula is C20H19F3N4O2S. The molecule has 0 bridgehead atoms. The number of carbonyl (C=O) groups excluding carboxylic acids is 2. The Hall–Kier alpha value is -3.01. The number of halogens is 3. The van der Waals surface area contributed by atoms with Crippen molar-refractivity contribution in [2.24, 2.45) is 0 Å². The summed E-state index contributed by atoms with van der Waals surface area (Å²) in [7, 11) is 1.39. The predicted molar refractivity (Wildman–Crippen MR) is 108 cm³/mol. The molecule has 3 amide bonds. The zero-order valence-corrected chi connectivity index (χ0v) is 17.0. The Morgan fingerprint density at radius 2 is 1.87 bits per heavy atom. The minimum Gasteiger partial charge on any atom is -0.341 e. The summed E-state index contributed by atoms with van der Waals surface area (Å²) in [6, 6.07) is 12.1. The smallest absolute Gasteiger partial charge is 0.341 e. The van der Waals surface area contributed by atoms with Crippen LogP contribution in [0.2, 0.25) is 0 Å². The Morgan fingerprint density at radius 1 is 1.17 bits per heavy atom. The molecule has 3 rings (SSSR count). The van der Waals surface area contributed by atoms with Crippen LogP contribution < -0.4 is 10.6 Å². The minimum atomic E-state index is -4.48. The lowest BCUT2D eigenvalue weighted by molar-refractivity contribution is -0.137. The quantitative estimate of drug-likeness (QED) is 0.592. The van der Waals surface area contributed by atoms with E-state index in [0.29, 0.717) is 17.2 Å². The number of hydrogen-bond acceptors (Lipinski definition) is 4. The molecule has 0 spiro atoms. The highest BCUT2D eigenvalue weighted by Gasteiger charge is 2.31. The number of nitrogens with one attached hydrogen (secondary N) is 2. The van der Waals surface area contributed by atoms with E-state index in [0.717, 1.165) is 29.5 Å². The lowest BCUT2D eigenvalue weighted by atomic mass is 10.2. The molecule has 0 aliphatic carbocycles. The second-order valence-corrected chi connectivity index (χ2v) is 7.80. The Kier molecular flexibility index (Phi) is 6.35. The number of amides is 3. The standard InChI is InChI=1S/C20H19F3N4O2S/c1-12(17(28)26-18(29)24-2)30-19-25-15-10-14(20(21,22)23)8-9-16(15)27(19)11-13-6-4-3-5-7-13/h3-10,12H,11H2,1-2H3,(H2,24,26,28,29)/t12-/m0/s1. The number of imidazole rings is 1. The van der Waals surface area contributed by atoms with Crippen LogP contribution in [0.25, 0.3) is 11.0 Å². The molecule has 0 unspecified atom stereocenters. The number of imide groups is 1. The van der Waals surface area contributed by atoms with Crippen molar-refractivity contribution >= 4 is 34.7 Å². The summed E-state index contributed by atoms with van der Waals surface area (Å²) in [6.07, 6.45) is -4.48. The summed E-state index contributed by atoms with van der Waals surface area (Å²) in [6.45, 7) is 1.96. The molecule has 1 aromatic heterocycles. The fourth-order valence-electron chi connectivity index (χ4n) is 2.78. The van der Waals surface area contributed by atoms with Gasteiger partial charge in [-0.2, -0.15) is 13.2 Å². The fourth-order valence-corrected chi connectivity index (χ4v) is 3.70. The largest absolute Gasteiger partial charge is 0.416 e. The van der Waals surface area contributed by atoms with Crippen molar-refractivity contribution in [3.05, 3.63) is 59.7 Å². The normalized spacial score (nSPS) is 12.6. The monoisotopic (exact) mass is 436 g/mol. The van der Waals surface area contributed by atoms with Gasteiger partial charge in [0.2, 0.25) is 5.91 Å². The van der Waals surface area contributed by atoms with E-state index in [1.807, 2.05) is 30.3 Å². The second-order valence-electron chi connectivity index (χ2n) is 6.50. The average molecular weight is 436 g/mol. The van der Waals surface area contributed by atoms with Gasteiger partial charge in [0.1, 0.15) is 0 Å². The number of urea groups is 1. The summed E-state index contributed by atoms with van der Waals surface area (Å²) in [5.74, 6) is -0.534. The van der Waals surface area contributed by atoms with Gasteiger partial charge in [-0.1, -0.05) is 42.1 Å². The lowest BCUT2D eigenvalue weighted by Crippen LogP contribution is -2.41. The van der Waals surface area contributed by atoms with Crippen molar-refractivity contribution in [1.82, 2.24) is 20.2 Å². The molecule has 2 aromatic carbocycles. The number of hydrogen-bond donors (Lipinski definition) is 2. The third-order valence-corrected chi connectivity index (χ3v) is 5.43. The number of fused-ring (bicyclic) bond motifs is 1. The number of carbonyl (C=O) groups is 2. The first-order chi connectivity index (χ1) is 14.2. The van der Waals surface area contributed by atoms with Gasteiger partial charge in [0.25, 0.3) is 0 Å². The van der Waals surface area contributed by atoms with Crippen LogP contribution in [0.15, 0.2) is 53.7 Å². The van der Waals surface area contributed by atoms with Gasteiger partial charge >= 0.3 is 12.2 Å². The van der Waals surface area contributed by atoms with Crippen molar-refractivity contribution in [1.29, 1.82) is 0 Å². The van der Waals surface area contributed by atoms with Crippen LogP contribution in [0.3, 0.4) is 0 Å². The van der Waals surface area contributed by atoms with E-state index in [1.165, 1.54) is 13.1 Å². The summed E-state index contributed by atoms with van der Waals surface area (Å²) in [4.78, 5) is 27.9. The maximum absolute atomic E-state index is 13.1. The first-order valence-electron chi connectivity index (χ1n) is 8.99. The topological polar surface area (TPSA) is 76.0 Å². The summed E-state index contributed by atoms with van der Waals surface area (Å²) < 4.78 is 41.1. The first-order valence-corrected chi connectivity index (χ1v) is 9.87. The van der Waals surface area contributed by atoms with E-state index in [-0.39, 0.29) is 5.52 Å². The third kappa shape index (κ3) is 4.93. The van der Waals surface area contributed by atoms with Gasteiger partial charge in [0.15, 0.2) is 5.16 Å². The number of nitrogens with zero attached hydrogens (tertiary/aromatic N) is 2. The van der Waals surface area contributed by atoms with Gasteiger partial charge in [0.05, 0.1) is 28.4 Å². The maximum atomic E-state index is 13.1. The average Bonchev–Trinajstić information content (AvgIpc) is 3.04. The Balaban J connectivity index is 1.99. The number of aromatic nitrogens is 2. The molecule has 0 aliphatic heterocycles. The maximum Gasteiger partial charge on any atom is 0.416 e. The number of alkyl halides is 3. The Bertz CT molecular complexity index is 1070.